The van der Waals surface area contributed by atoms with Crippen LogP contribution >= 0.6 is 0 Å². The second kappa shape index (κ2) is 9.28. The number of benzene rings is 2. The SMILES string of the molecule is CC(NC(=O)C1CCN(S(=O)(=O)Cc2ccccc2)CC1)c1ccc2c(c1)OCCO2. The van der Waals surface area contributed by atoms with Crippen LogP contribution in [0.2, 0.25) is 0 Å². The zero-order valence-corrected chi connectivity index (χ0v) is 18.4. The fourth-order valence-corrected chi connectivity index (χ4v) is 5.58. The maximum Gasteiger partial charge on any atom is 0.223 e. The topological polar surface area (TPSA) is 84.9 Å². The standard InChI is InChI=1S/C23H28N2O5S/c1-17(20-7-8-21-22(15-20)30-14-13-29-21)24-23(26)19-9-11-25(12-10-19)31(27,28)16-18-5-3-2-4-6-18/h2-8,15,17,19H,9-14,16H2,1H3,(H,24,26). The maximum atomic E-state index is 12.8. The number of sulfonamides is 1. The van der Waals surface area contributed by atoms with Gasteiger partial charge in [-0.05, 0) is 43.0 Å². The van der Waals surface area contributed by atoms with Gasteiger partial charge < -0.3 is 14.8 Å². The van der Waals surface area contributed by atoms with Crippen molar-refractivity contribution in [2.75, 3.05) is 26.3 Å². The van der Waals surface area contributed by atoms with E-state index in [1.165, 1.54) is 4.31 Å². The second-order valence-electron chi connectivity index (χ2n) is 8.05. The predicted molar refractivity (Wildman–Crippen MR) is 117 cm³/mol. The Morgan fingerprint density at radius 1 is 1.06 bits per heavy atom. The van der Waals surface area contributed by atoms with Crippen LogP contribution in [-0.2, 0) is 20.6 Å². The minimum atomic E-state index is -3.38. The molecule has 2 heterocycles. The highest BCUT2D eigenvalue weighted by Gasteiger charge is 2.31. The molecule has 0 spiro atoms. The summed E-state index contributed by atoms with van der Waals surface area (Å²) in [5.41, 5.74) is 1.72. The third kappa shape index (κ3) is 5.19. The van der Waals surface area contributed by atoms with E-state index in [1.54, 1.807) is 0 Å². The molecule has 1 amide bonds. The summed E-state index contributed by atoms with van der Waals surface area (Å²) < 4.78 is 38.1. The number of ether oxygens (including phenoxy) is 2. The highest BCUT2D eigenvalue weighted by molar-refractivity contribution is 7.88. The normalized spacial score (nSPS) is 18.4. The molecule has 7 nitrogen and oxygen atoms in total. The third-order valence-corrected chi connectivity index (χ3v) is 7.69. The zero-order chi connectivity index (χ0) is 21.8. The number of carbonyl (C=O) groups is 1. The summed E-state index contributed by atoms with van der Waals surface area (Å²) in [6.07, 6.45) is 1.04. The van der Waals surface area contributed by atoms with Gasteiger partial charge in [-0.1, -0.05) is 36.4 Å². The minimum Gasteiger partial charge on any atom is -0.486 e. The molecule has 0 bridgehead atoms. The molecule has 1 atom stereocenters. The van der Waals surface area contributed by atoms with E-state index in [-0.39, 0.29) is 23.6 Å². The molecule has 166 valence electrons. The Morgan fingerprint density at radius 2 is 1.74 bits per heavy atom. The molecule has 0 radical (unpaired) electrons. The highest BCUT2D eigenvalue weighted by Crippen LogP contribution is 2.33. The molecule has 1 unspecified atom stereocenters. The van der Waals surface area contributed by atoms with Gasteiger partial charge in [-0.3, -0.25) is 4.79 Å². The van der Waals surface area contributed by atoms with Gasteiger partial charge in [-0.25, -0.2) is 12.7 Å². The monoisotopic (exact) mass is 444 g/mol. The second-order valence-corrected chi connectivity index (χ2v) is 10.0. The quantitative estimate of drug-likeness (QED) is 0.741. The van der Waals surface area contributed by atoms with E-state index < -0.39 is 10.0 Å². The Hall–Kier alpha value is -2.58. The molecule has 0 aliphatic carbocycles. The van der Waals surface area contributed by atoms with E-state index in [9.17, 15) is 13.2 Å². The van der Waals surface area contributed by atoms with Crippen molar-refractivity contribution in [1.82, 2.24) is 9.62 Å². The Labute approximate surface area is 183 Å². The lowest BCUT2D eigenvalue weighted by molar-refractivity contribution is -0.126. The number of fused-ring (bicyclic) bond motifs is 1. The number of nitrogens with one attached hydrogen (secondary N) is 1. The number of rotatable bonds is 6. The van der Waals surface area contributed by atoms with Gasteiger partial charge in [0.05, 0.1) is 11.8 Å². The van der Waals surface area contributed by atoms with E-state index in [4.69, 9.17) is 9.47 Å². The summed E-state index contributed by atoms with van der Waals surface area (Å²) in [7, 11) is -3.38. The summed E-state index contributed by atoms with van der Waals surface area (Å²) in [6, 6.07) is 14.7. The first-order chi connectivity index (χ1) is 14.9. The van der Waals surface area contributed by atoms with Gasteiger partial charge >= 0.3 is 0 Å². The number of carbonyl (C=O) groups excluding carboxylic acids is 1. The van der Waals surface area contributed by atoms with Gasteiger partial charge in [0.25, 0.3) is 0 Å². The summed E-state index contributed by atoms with van der Waals surface area (Å²) in [5.74, 6) is 1.18. The number of hydrogen-bond donors (Lipinski definition) is 1. The van der Waals surface area contributed by atoms with Gasteiger partial charge in [0.1, 0.15) is 13.2 Å². The number of nitrogens with zero attached hydrogens (tertiary/aromatic N) is 1. The highest BCUT2D eigenvalue weighted by atomic mass is 32.2. The number of piperidine rings is 1. The molecule has 0 aromatic heterocycles. The van der Waals surface area contributed by atoms with Crippen LogP contribution in [0.5, 0.6) is 11.5 Å². The van der Waals surface area contributed by atoms with Crippen molar-refractivity contribution in [2.24, 2.45) is 5.92 Å². The van der Waals surface area contributed by atoms with Crippen molar-refractivity contribution < 1.29 is 22.7 Å². The summed E-state index contributed by atoms with van der Waals surface area (Å²) >= 11 is 0. The number of amides is 1. The van der Waals surface area contributed by atoms with Crippen molar-refractivity contribution in [3.63, 3.8) is 0 Å². The van der Waals surface area contributed by atoms with Crippen LogP contribution in [0, 0.1) is 5.92 Å². The lowest BCUT2D eigenvalue weighted by Gasteiger charge is -2.31. The Bertz CT molecular complexity index is 1020. The molecule has 2 aromatic carbocycles. The first-order valence-corrected chi connectivity index (χ1v) is 12.2. The summed E-state index contributed by atoms with van der Waals surface area (Å²) in [6.45, 7) is 3.72. The van der Waals surface area contributed by atoms with Gasteiger partial charge in [0, 0.05) is 19.0 Å². The van der Waals surface area contributed by atoms with Crippen LogP contribution in [0.3, 0.4) is 0 Å². The van der Waals surface area contributed by atoms with Crippen LogP contribution in [0.4, 0.5) is 0 Å². The number of hydrogen-bond acceptors (Lipinski definition) is 5. The average Bonchev–Trinajstić information content (AvgIpc) is 2.79. The van der Waals surface area contributed by atoms with Crippen LogP contribution in [0.15, 0.2) is 48.5 Å². The molecule has 2 aliphatic heterocycles. The van der Waals surface area contributed by atoms with Crippen molar-refractivity contribution >= 4 is 15.9 Å². The van der Waals surface area contributed by atoms with Crippen LogP contribution in [0.1, 0.15) is 36.9 Å². The molecule has 8 heteroatoms. The van der Waals surface area contributed by atoms with E-state index in [0.717, 1.165) is 16.9 Å². The molecule has 1 saturated heterocycles. The maximum absolute atomic E-state index is 12.8. The van der Waals surface area contributed by atoms with E-state index >= 15 is 0 Å². The van der Waals surface area contributed by atoms with Crippen LogP contribution in [0.25, 0.3) is 0 Å². The van der Waals surface area contributed by atoms with Gasteiger partial charge in [-0.2, -0.15) is 0 Å². The van der Waals surface area contributed by atoms with Gasteiger partial charge in [-0.15, -0.1) is 0 Å². The summed E-state index contributed by atoms with van der Waals surface area (Å²) in [5, 5.41) is 3.06. The minimum absolute atomic E-state index is 0.00808. The molecule has 1 fully saturated rings. The lowest BCUT2D eigenvalue weighted by Crippen LogP contribution is -2.43. The largest absolute Gasteiger partial charge is 0.486 e. The Balaban J connectivity index is 1.31. The van der Waals surface area contributed by atoms with Crippen molar-refractivity contribution in [1.29, 1.82) is 0 Å². The van der Waals surface area contributed by atoms with E-state index in [0.29, 0.717) is 44.9 Å². The molecule has 1 N–H and O–H groups in total. The Kier molecular flexibility index (Phi) is 6.48. The molecule has 0 saturated carbocycles. The zero-order valence-electron chi connectivity index (χ0n) is 17.6. The Morgan fingerprint density at radius 3 is 2.45 bits per heavy atom. The fourth-order valence-electron chi connectivity index (χ4n) is 4.02. The van der Waals surface area contributed by atoms with Crippen molar-refractivity contribution in [3.05, 3.63) is 59.7 Å². The third-order valence-electron chi connectivity index (χ3n) is 5.83. The van der Waals surface area contributed by atoms with Gasteiger partial charge in [0.15, 0.2) is 11.5 Å². The van der Waals surface area contributed by atoms with Crippen LogP contribution < -0.4 is 14.8 Å². The molecule has 4 rings (SSSR count). The average molecular weight is 445 g/mol. The van der Waals surface area contributed by atoms with E-state index in [1.807, 2.05) is 55.5 Å². The van der Waals surface area contributed by atoms with Crippen LogP contribution in [-0.4, -0.2) is 44.9 Å². The molecule has 2 aliphatic rings. The lowest BCUT2D eigenvalue weighted by atomic mass is 9.96. The predicted octanol–water partition coefficient (Wildman–Crippen LogP) is 2.88. The van der Waals surface area contributed by atoms with E-state index in [2.05, 4.69) is 5.32 Å². The molecule has 31 heavy (non-hydrogen) atoms. The van der Waals surface area contributed by atoms with Crippen molar-refractivity contribution in [2.45, 2.75) is 31.6 Å². The first kappa shape index (κ1) is 21.6. The summed E-state index contributed by atoms with van der Waals surface area (Å²) in [4.78, 5) is 12.8. The molecular formula is C23H28N2O5S. The first-order valence-electron chi connectivity index (χ1n) is 10.6. The molecule has 2 aromatic rings. The van der Waals surface area contributed by atoms with Crippen molar-refractivity contribution in [3.8, 4) is 11.5 Å². The molecular weight excluding hydrogens is 416 g/mol. The smallest absolute Gasteiger partial charge is 0.223 e. The van der Waals surface area contributed by atoms with Gasteiger partial charge in [0.2, 0.25) is 15.9 Å². The fraction of sp³-hybridized carbons (Fsp3) is 0.435.